The second-order valence-electron chi connectivity index (χ2n) is 7.73. The average molecular weight is 523 g/mol. The Morgan fingerprint density at radius 2 is 1.87 bits per heavy atom. The van der Waals surface area contributed by atoms with Crippen LogP contribution in [-0.2, 0) is 4.74 Å². The van der Waals surface area contributed by atoms with Gasteiger partial charge in [-0.05, 0) is 30.9 Å². The SMILES string of the molecule is CN=C(NCC(CO)c1ccccc1)NCC1CCCOC1c1ccc(C)cc1.I. The molecule has 0 saturated carbocycles. The number of nitrogens with one attached hydrogen (secondary N) is 2. The third-order valence-electron chi connectivity index (χ3n) is 5.61. The van der Waals surface area contributed by atoms with Crippen LogP contribution in [0.3, 0.4) is 0 Å². The van der Waals surface area contributed by atoms with Gasteiger partial charge in [-0.1, -0.05) is 60.2 Å². The standard InChI is InChI=1S/C24H33N3O2.HI/c1-18-10-12-20(13-11-18)23-21(9-6-14-29-23)15-26-24(25-2)27-16-22(17-28)19-7-4-3-5-8-19;/h3-5,7-8,10-13,21-23,28H,6,9,14-17H2,1-2H3,(H2,25,26,27);1H. The number of guanidine groups is 1. The number of aliphatic hydroxyl groups excluding tert-OH is 1. The molecule has 0 aromatic heterocycles. The number of aliphatic hydroxyl groups is 1. The normalized spacial score (nSPS) is 20.2. The fraction of sp³-hybridized carbons (Fsp3) is 0.458. The lowest BCUT2D eigenvalue weighted by Gasteiger charge is -2.32. The molecule has 30 heavy (non-hydrogen) atoms. The van der Waals surface area contributed by atoms with E-state index in [1.165, 1.54) is 11.1 Å². The zero-order valence-electron chi connectivity index (χ0n) is 17.9. The highest BCUT2D eigenvalue weighted by Crippen LogP contribution is 2.33. The largest absolute Gasteiger partial charge is 0.396 e. The van der Waals surface area contributed by atoms with Gasteiger partial charge in [-0.15, -0.1) is 24.0 Å². The summed E-state index contributed by atoms with van der Waals surface area (Å²) in [4.78, 5) is 4.35. The van der Waals surface area contributed by atoms with E-state index < -0.39 is 0 Å². The highest BCUT2D eigenvalue weighted by atomic mass is 127. The van der Waals surface area contributed by atoms with Gasteiger partial charge in [0, 0.05) is 38.6 Å². The summed E-state index contributed by atoms with van der Waals surface area (Å²) >= 11 is 0. The lowest BCUT2D eigenvalue weighted by Crippen LogP contribution is -2.43. The van der Waals surface area contributed by atoms with Gasteiger partial charge < -0.3 is 20.5 Å². The maximum atomic E-state index is 9.76. The first-order chi connectivity index (χ1) is 14.2. The van der Waals surface area contributed by atoms with Crippen LogP contribution in [0.1, 0.15) is 41.6 Å². The first kappa shape index (κ1) is 24.6. The monoisotopic (exact) mass is 523 g/mol. The van der Waals surface area contributed by atoms with E-state index in [0.29, 0.717) is 12.5 Å². The summed E-state index contributed by atoms with van der Waals surface area (Å²) in [6, 6.07) is 18.7. The minimum absolute atomic E-state index is 0. The molecule has 3 unspecified atom stereocenters. The highest BCUT2D eigenvalue weighted by molar-refractivity contribution is 14.0. The molecular formula is C24H34IN3O2. The number of hydrogen-bond donors (Lipinski definition) is 3. The van der Waals surface area contributed by atoms with E-state index in [2.05, 4.69) is 46.8 Å². The molecule has 0 spiro atoms. The molecule has 0 bridgehead atoms. The molecule has 0 amide bonds. The van der Waals surface area contributed by atoms with E-state index in [1.54, 1.807) is 7.05 Å². The quantitative estimate of drug-likeness (QED) is 0.292. The molecule has 6 heteroatoms. The van der Waals surface area contributed by atoms with Crippen molar-refractivity contribution in [3.05, 3.63) is 71.3 Å². The molecular weight excluding hydrogens is 489 g/mol. The Bertz CT molecular complexity index is 768. The van der Waals surface area contributed by atoms with Crippen LogP contribution < -0.4 is 10.6 Å². The van der Waals surface area contributed by atoms with Crippen molar-refractivity contribution in [1.29, 1.82) is 0 Å². The Balaban J connectivity index is 0.00000320. The lowest BCUT2D eigenvalue weighted by molar-refractivity contribution is -0.0265. The topological polar surface area (TPSA) is 65.9 Å². The van der Waals surface area contributed by atoms with Gasteiger partial charge in [0.05, 0.1) is 12.7 Å². The molecule has 1 saturated heterocycles. The Kier molecular flexibility index (Phi) is 10.6. The lowest BCUT2D eigenvalue weighted by atomic mass is 9.89. The molecule has 0 radical (unpaired) electrons. The van der Waals surface area contributed by atoms with Crippen molar-refractivity contribution in [3.63, 3.8) is 0 Å². The number of halogens is 1. The van der Waals surface area contributed by atoms with E-state index in [1.807, 2.05) is 30.3 Å². The Morgan fingerprint density at radius 1 is 1.13 bits per heavy atom. The van der Waals surface area contributed by atoms with Gasteiger partial charge >= 0.3 is 0 Å². The van der Waals surface area contributed by atoms with E-state index in [9.17, 15) is 5.11 Å². The highest BCUT2D eigenvalue weighted by Gasteiger charge is 2.27. The number of nitrogens with zero attached hydrogens (tertiary/aromatic N) is 1. The molecule has 2 aromatic rings. The van der Waals surface area contributed by atoms with Crippen molar-refractivity contribution in [2.75, 3.05) is 33.4 Å². The van der Waals surface area contributed by atoms with E-state index >= 15 is 0 Å². The maximum absolute atomic E-state index is 9.76. The van der Waals surface area contributed by atoms with Crippen LogP contribution >= 0.6 is 24.0 Å². The molecule has 0 aliphatic carbocycles. The fourth-order valence-corrected chi connectivity index (χ4v) is 3.86. The Hall–Kier alpha value is -1.64. The van der Waals surface area contributed by atoms with Crippen molar-refractivity contribution in [1.82, 2.24) is 10.6 Å². The molecule has 3 N–H and O–H groups in total. The second-order valence-corrected chi connectivity index (χ2v) is 7.73. The number of rotatable bonds is 7. The summed E-state index contributed by atoms with van der Waals surface area (Å²) in [5.74, 6) is 1.19. The van der Waals surface area contributed by atoms with Crippen LogP contribution in [0.25, 0.3) is 0 Å². The smallest absolute Gasteiger partial charge is 0.191 e. The van der Waals surface area contributed by atoms with Crippen LogP contribution in [-0.4, -0.2) is 44.4 Å². The third kappa shape index (κ3) is 6.96. The Labute approximate surface area is 197 Å². The zero-order chi connectivity index (χ0) is 20.5. The fourth-order valence-electron chi connectivity index (χ4n) is 3.86. The molecule has 2 aromatic carbocycles. The van der Waals surface area contributed by atoms with Gasteiger partial charge in [-0.3, -0.25) is 4.99 Å². The van der Waals surface area contributed by atoms with Crippen molar-refractivity contribution < 1.29 is 9.84 Å². The summed E-state index contributed by atoms with van der Waals surface area (Å²) in [7, 11) is 1.78. The van der Waals surface area contributed by atoms with Crippen molar-refractivity contribution >= 4 is 29.9 Å². The predicted octanol–water partition coefficient (Wildman–Crippen LogP) is 4.02. The number of aryl methyl sites for hydroxylation is 1. The minimum Gasteiger partial charge on any atom is -0.396 e. The van der Waals surface area contributed by atoms with Crippen LogP contribution in [0.5, 0.6) is 0 Å². The summed E-state index contributed by atoms with van der Waals surface area (Å²) in [6.07, 6.45) is 2.33. The number of aliphatic imine (C=N–C) groups is 1. The summed E-state index contributed by atoms with van der Waals surface area (Å²) in [5.41, 5.74) is 3.63. The summed E-state index contributed by atoms with van der Waals surface area (Å²) < 4.78 is 6.12. The van der Waals surface area contributed by atoms with E-state index in [-0.39, 0.29) is 42.6 Å². The van der Waals surface area contributed by atoms with E-state index in [0.717, 1.165) is 37.5 Å². The number of benzene rings is 2. The Morgan fingerprint density at radius 3 is 2.53 bits per heavy atom. The van der Waals surface area contributed by atoms with Crippen LogP contribution in [0.4, 0.5) is 0 Å². The molecule has 3 rings (SSSR count). The zero-order valence-corrected chi connectivity index (χ0v) is 20.2. The van der Waals surface area contributed by atoms with E-state index in [4.69, 9.17) is 4.74 Å². The third-order valence-corrected chi connectivity index (χ3v) is 5.61. The molecule has 5 nitrogen and oxygen atoms in total. The first-order valence-corrected chi connectivity index (χ1v) is 10.5. The van der Waals surface area contributed by atoms with Gasteiger partial charge in [0.25, 0.3) is 0 Å². The maximum Gasteiger partial charge on any atom is 0.191 e. The first-order valence-electron chi connectivity index (χ1n) is 10.5. The molecule has 1 aliphatic heterocycles. The van der Waals surface area contributed by atoms with Crippen molar-refractivity contribution in [2.45, 2.75) is 31.8 Å². The van der Waals surface area contributed by atoms with Gasteiger partial charge in [-0.25, -0.2) is 0 Å². The van der Waals surface area contributed by atoms with Crippen LogP contribution in [0.15, 0.2) is 59.6 Å². The molecule has 1 heterocycles. The van der Waals surface area contributed by atoms with Gasteiger partial charge in [0.15, 0.2) is 5.96 Å². The summed E-state index contributed by atoms with van der Waals surface area (Å²) in [5, 5.41) is 16.6. The molecule has 164 valence electrons. The van der Waals surface area contributed by atoms with Crippen LogP contribution in [0.2, 0.25) is 0 Å². The van der Waals surface area contributed by atoms with Gasteiger partial charge in [-0.2, -0.15) is 0 Å². The molecule has 1 fully saturated rings. The van der Waals surface area contributed by atoms with Gasteiger partial charge in [0.2, 0.25) is 0 Å². The van der Waals surface area contributed by atoms with Crippen LogP contribution in [0, 0.1) is 12.8 Å². The minimum atomic E-state index is 0. The van der Waals surface area contributed by atoms with Crippen molar-refractivity contribution in [2.24, 2.45) is 10.9 Å². The average Bonchev–Trinajstić information content (AvgIpc) is 2.78. The molecule has 1 aliphatic rings. The number of ether oxygens (including phenoxy) is 1. The van der Waals surface area contributed by atoms with Crippen molar-refractivity contribution in [3.8, 4) is 0 Å². The number of hydrogen-bond acceptors (Lipinski definition) is 3. The second kappa shape index (κ2) is 12.9. The summed E-state index contributed by atoms with van der Waals surface area (Å²) in [6.45, 7) is 4.45. The van der Waals surface area contributed by atoms with Gasteiger partial charge in [0.1, 0.15) is 0 Å². The molecule has 3 atom stereocenters. The predicted molar refractivity (Wildman–Crippen MR) is 134 cm³/mol.